The van der Waals surface area contributed by atoms with Crippen LogP contribution in [0, 0.1) is 0 Å². The molecular weight excluding hydrogens is 290 g/mol. The number of likely N-dealkylation sites (tertiary alicyclic amines) is 1. The summed E-state index contributed by atoms with van der Waals surface area (Å²) in [7, 11) is 1.36. The average molecular weight is 310 g/mol. The second-order valence-electron chi connectivity index (χ2n) is 5.20. The predicted octanol–water partition coefficient (Wildman–Crippen LogP) is 3.35. The van der Waals surface area contributed by atoms with Crippen LogP contribution in [0.3, 0.4) is 0 Å². The van der Waals surface area contributed by atoms with Crippen molar-refractivity contribution in [2.24, 2.45) is 0 Å². The van der Waals surface area contributed by atoms with Crippen LogP contribution in [-0.4, -0.2) is 30.4 Å². The Hall–Kier alpha value is -1.55. The summed E-state index contributed by atoms with van der Waals surface area (Å²) in [6.45, 7) is 0.757. The van der Waals surface area contributed by atoms with Crippen LogP contribution < -0.4 is 0 Å². The van der Waals surface area contributed by atoms with Crippen molar-refractivity contribution in [1.29, 1.82) is 0 Å². The second-order valence-corrected chi connectivity index (χ2v) is 5.60. The van der Waals surface area contributed by atoms with Crippen LogP contribution in [0.15, 0.2) is 24.3 Å². The molecule has 0 unspecified atom stereocenters. The van der Waals surface area contributed by atoms with E-state index >= 15 is 0 Å². The topological polar surface area (TPSA) is 46.6 Å². The molecule has 1 heterocycles. The number of nitrogens with zero attached hydrogens (tertiary/aromatic N) is 1. The highest BCUT2D eigenvalue weighted by molar-refractivity contribution is 6.31. The van der Waals surface area contributed by atoms with Crippen LogP contribution in [-0.2, 0) is 14.3 Å². The number of hydrogen-bond donors (Lipinski definition) is 0. The Labute approximate surface area is 130 Å². The minimum absolute atomic E-state index is 0.0596. The van der Waals surface area contributed by atoms with Crippen molar-refractivity contribution in [2.75, 3.05) is 13.7 Å². The summed E-state index contributed by atoms with van der Waals surface area (Å²) in [4.78, 5) is 25.3. The molecule has 0 radical (unpaired) electrons. The number of carbonyl (C=O) groups excluding carboxylic acids is 2. The maximum Gasteiger partial charge on any atom is 0.305 e. The molecule has 1 aliphatic rings. The van der Waals surface area contributed by atoms with E-state index in [9.17, 15) is 9.59 Å². The van der Waals surface area contributed by atoms with Crippen molar-refractivity contribution in [3.8, 4) is 0 Å². The number of amides is 1. The van der Waals surface area contributed by atoms with Gasteiger partial charge in [-0.15, -0.1) is 0 Å². The molecule has 1 saturated heterocycles. The molecule has 2 rings (SSSR count). The minimum atomic E-state index is -0.271. The van der Waals surface area contributed by atoms with Crippen LogP contribution in [0.2, 0.25) is 5.02 Å². The van der Waals surface area contributed by atoms with Crippen LogP contribution in [0.1, 0.15) is 43.7 Å². The zero-order chi connectivity index (χ0) is 15.2. The lowest BCUT2D eigenvalue weighted by Crippen LogP contribution is -2.30. The Kier molecular flexibility index (Phi) is 5.62. The summed E-state index contributed by atoms with van der Waals surface area (Å²) in [6, 6.07) is 7.73. The maximum absolute atomic E-state index is 12.3. The Balaban J connectivity index is 1.97. The molecule has 0 saturated carbocycles. The molecule has 0 aliphatic carbocycles. The van der Waals surface area contributed by atoms with E-state index in [0.717, 1.165) is 24.9 Å². The van der Waals surface area contributed by atoms with Crippen LogP contribution in [0.25, 0.3) is 0 Å². The van der Waals surface area contributed by atoms with E-state index in [1.807, 2.05) is 29.2 Å². The second kappa shape index (κ2) is 7.46. The largest absolute Gasteiger partial charge is 0.469 e. The Morgan fingerprint density at radius 1 is 1.33 bits per heavy atom. The van der Waals surface area contributed by atoms with Crippen molar-refractivity contribution in [3.05, 3.63) is 34.9 Å². The highest BCUT2D eigenvalue weighted by Gasteiger charge is 2.30. The van der Waals surface area contributed by atoms with Crippen molar-refractivity contribution < 1.29 is 14.3 Å². The van der Waals surface area contributed by atoms with Gasteiger partial charge in [0.25, 0.3) is 0 Å². The van der Waals surface area contributed by atoms with Gasteiger partial charge in [0.15, 0.2) is 0 Å². The number of esters is 1. The zero-order valence-corrected chi connectivity index (χ0v) is 12.9. The van der Waals surface area contributed by atoms with Gasteiger partial charge in [-0.1, -0.05) is 29.8 Å². The molecule has 0 N–H and O–H groups in total. The summed E-state index contributed by atoms with van der Waals surface area (Å²) in [5.74, 6) is -0.187. The van der Waals surface area contributed by atoms with Crippen molar-refractivity contribution in [1.82, 2.24) is 4.90 Å². The lowest BCUT2D eigenvalue weighted by molar-refractivity contribution is -0.140. The van der Waals surface area contributed by atoms with Gasteiger partial charge in [-0.25, -0.2) is 0 Å². The summed E-state index contributed by atoms with van der Waals surface area (Å²) in [5, 5.41) is 0.705. The van der Waals surface area contributed by atoms with E-state index in [0.29, 0.717) is 17.9 Å². The summed E-state index contributed by atoms with van der Waals surface area (Å²) in [6.07, 6.45) is 3.10. The molecule has 1 aromatic carbocycles. The molecule has 21 heavy (non-hydrogen) atoms. The lowest BCUT2D eigenvalue weighted by atomic mass is 10.0. The first-order valence-electron chi connectivity index (χ1n) is 7.24. The van der Waals surface area contributed by atoms with Crippen molar-refractivity contribution in [2.45, 2.75) is 38.1 Å². The number of hydrogen-bond acceptors (Lipinski definition) is 3. The SMILES string of the molecule is COC(=O)CCCC(=O)N1CCC[C@H]1c1ccccc1Cl. The molecule has 4 nitrogen and oxygen atoms in total. The van der Waals surface area contributed by atoms with Gasteiger partial charge in [0, 0.05) is 24.4 Å². The number of carbonyl (C=O) groups is 2. The zero-order valence-electron chi connectivity index (χ0n) is 12.2. The quantitative estimate of drug-likeness (QED) is 0.784. The molecule has 1 fully saturated rings. The van der Waals surface area contributed by atoms with E-state index in [1.165, 1.54) is 7.11 Å². The Bertz CT molecular complexity index is 518. The van der Waals surface area contributed by atoms with Crippen LogP contribution in [0.5, 0.6) is 0 Å². The normalized spacial score (nSPS) is 17.8. The van der Waals surface area contributed by atoms with Gasteiger partial charge in [0.1, 0.15) is 0 Å². The number of methoxy groups -OCH3 is 1. The number of benzene rings is 1. The van der Waals surface area contributed by atoms with Gasteiger partial charge in [0.05, 0.1) is 13.2 Å². The first kappa shape index (κ1) is 15.8. The van der Waals surface area contributed by atoms with Gasteiger partial charge >= 0.3 is 5.97 Å². The van der Waals surface area contributed by atoms with E-state index < -0.39 is 0 Å². The van der Waals surface area contributed by atoms with Crippen LogP contribution >= 0.6 is 11.6 Å². The van der Waals surface area contributed by atoms with Gasteiger partial charge in [-0.05, 0) is 30.9 Å². The summed E-state index contributed by atoms with van der Waals surface area (Å²) in [5.41, 5.74) is 1.01. The van der Waals surface area contributed by atoms with E-state index in [4.69, 9.17) is 11.6 Å². The molecule has 0 bridgehead atoms. The molecule has 0 aromatic heterocycles. The molecule has 1 amide bonds. The van der Waals surface area contributed by atoms with Gasteiger partial charge in [-0.3, -0.25) is 9.59 Å². The average Bonchev–Trinajstić information content (AvgIpc) is 2.96. The van der Waals surface area contributed by atoms with Gasteiger partial charge < -0.3 is 9.64 Å². The minimum Gasteiger partial charge on any atom is -0.469 e. The smallest absolute Gasteiger partial charge is 0.305 e. The maximum atomic E-state index is 12.3. The third-order valence-corrected chi connectivity index (χ3v) is 4.18. The highest BCUT2D eigenvalue weighted by Crippen LogP contribution is 2.36. The van der Waals surface area contributed by atoms with Crippen LogP contribution in [0.4, 0.5) is 0 Å². The third kappa shape index (κ3) is 3.97. The Morgan fingerprint density at radius 2 is 2.10 bits per heavy atom. The monoisotopic (exact) mass is 309 g/mol. The summed E-state index contributed by atoms with van der Waals surface area (Å²) >= 11 is 6.24. The fraction of sp³-hybridized carbons (Fsp3) is 0.500. The third-order valence-electron chi connectivity index (χ3n) is 3.84. The Morgan fingerprint density at radius 3 is 2.81 bits per heavy atom. The first-order valence-corrected chi connectivity index (χ1v) is 7.62. The lowest BCUT2D eigenvalue weighted by Gasteiger charge is -2.26. The molecule has 5 heteroatoms. The predicted molar refractivity (Wildman–Crippen MR) is 81.0 cm³/mol. The van der Waals surface area contributed by atoms with Crippen molar-refractivity contribution >= 4 is 23.5 Å². The fourth-order valence-electron chi connectivity index (χ4n) is 2.76. The van der Waals surface area contributed by atoms with E-state index in [1.54, 1.807) is 0 Å². The number of ether oxygens (including phenoxy) is 1. The molecular formula is C16H20ClNO3. The highest BCUT2D eigenvalue weighted by atomic mass is 35.5. The van der Waals surface area contributed by atoms with Crippen molar-refractivity contribution in [3.63, 3.8) is 0 Å². The first-order chi connectivity index (χ1) is 10.1. The molecule has 1 atom stereocenters. The van der Waals surface area contributed by atoms with E-state index in [2.05, 4.69) is 4.74 Å². The van der Waals surface area contributed by atoms with Gasteiger partial charge in [-0.2, -0.15) is 0 Å². The molecule has 114 valence electrons. The molecule has 1 aliphatic heterocycles. The molecule has 1 aromatic rings. The van der Waals surface area contributed by atoms with E-state index in [-0.39, 0.29) is 24.3 Å². The standard InChI is InChI=1S/C16H20ClNO3/c1-21-16(20)10-4-9-15(19)18-11-5-8-14(18)12-6-2-3-7-13(12)17/h2-3,6-7,14H,4-5,8-11H2,1H3/t14-/m0/s1. The van der Waals surface area contributed by atoms with Gasteiger partial charge in [0.2, 0.25) is 5.91 Å². The summed E-state index contributed by atoms with van der Waals surface area (Å²) < 4.78 is 4.58. The number of halogens is 1. The molecule has 0 spiro atoms. The fourth-order valence-corrected chi connectivity index (χ4v) is 3.03. The number of rotatable bonds is 5.